The van der Waals surface area contributed by atoms with Crippen LogP contribution in [0.4, 0.5) is 5.69 Å². The first kappa shape index (κ1) is 26.6. The van der Waals surface area contributed by atoms with Crippen molar-refractivity contribution in [3.63, 3.8) is 0 Å². The highest BCUT2D eigenvalue weighted by atomic mass is 79.9. The van der Waals surface area contributed by atoms with Crippen LogP contribution in [0.5, 0.6) is 23.0 Å². The van der Waals surface area contributed by atoms with Gasteiger partial charge >= 0.3 is 0 Å². The number of anilines is 1. The average molecular weight is 556 g/mol. The lowest BCUT2D eigenvalue weighted by molar-refractivity contribution is -0.118. The second kappa shape index (κ2) is 12.6. The number of hydrazone groups is 1. The largest absolute Gasteiger partial charge is 0.493 e. The van der Waals surface area contributed by atoms with Crippen molar-refractivity contribution >= 4 is 39.6 Å². The molecule has 0 aliphatic carbocycles. The monoisotopic (exact) mass is 555 g/mol. The number of ether oxygens (including phenoxy) is 4. The highest BCUT2D eigenvalue weighted by Crippen LogP contribution is 2.36. The Hall–Kier alpha value is -4.05. The van der Waals surface area contributed by atoms with Crippen LogP contribution >= 0.6 is 15.9 Å². The van der Waals surface area contributed by atoms with Crippen LogP contribution in [-0.4, -0.2) is 46.0 Å². The van der Waals surface area contributed by atoms with E-state index >= 15 is 0 Å². The number of nitrogens with zero attached hydrogens (tertiary/aromatic N) is 1. The van der Waals surface area contributed by atoms with Gasteiger partial charge in [0, 0.05) is 11.3 Å². The fraction of sp³-hybridized carbons (Fsp3) is 0.192. The molecular weight excluding hydrogens is 530 g/mol. The van der Waals surface area contributed by atoms with Crippen LogP contribution in [0.1, 0.15) is 21.5 Å². The van der Waals surface area contributed by atoms with Crippen molar-refractivity contribution < 1.29 is 28.5 Å². The van der Waals surface area contributed by atoms with Crippen molar-refractivity contribution in [3.05, 3.63) is 75.8 Å². The Labute approximate surface area is 217 Å². The van der Waals surface area contributed by atoms with Gasteiger partial charge in [-0.05, 0) is 76.4 Å². The molecule has 188 valence electrons. The van der Waals surface area contributed by atoms with Gasteiger partial charge in [-0.2, -0.15) is 5.10 Å². The molecule has 9 nitrogen and oxygen atoms in total. The number of hydrogen-bond donors (Lipinski definition) is 2. The Morgan fingerprint density at radius 3 is 2.39 bits per heavy atom. The van der Waals surface area contributed by atoms with Crippen LogP contribution in [0.2, 0.25) is 0 Å². The molecule has 0 saturated carbocycles. The number of carbonyl (C=O) groups is 2. The van der Waals surface area contributed by atoms with E-state index in [1.165, 1.54) is 27.5 Å². The molecule has 2 amide bonds. The molecule has 0 fully saturated rings. The third kappa shape index (κ3) is 6.98. The molecule has 3 rings (SSSR count). The molecule has 0 bridgehead atoms. The lowest BCUT2D eigenvalue weighted by Gasteiger charge is -2.13. The Morgan fingerprint density at radius 2 is 1.69 bits per heavy atom. The smallest absolute Gasteiger partial charge is 0.271 e. The maximum absolute atomic E-state index is 12.4. The summed E-state index contributed by atoms with van der Waals surface area (Å²) < 4.78 is 22.1. The van der Waals surface area contributed by atoms with Crippen molar-refractivity contribution in [2.45, 2.75) is 6.92 Å². The summed E-state index contributed by atoms with van der Waals surface area (Å²) in [4.78, 5) is 24.7. The molecule has 0 atom stereocenters. The number of amides is 2. The molecule has 3 aromatic rings. The van der Waals surface area contributed by atoms with Crippen molar-refractivity contribution in [1.29, 1.82) is 0 Å². The molecule has 0 aliphatic rings. The maximum Gasteiger partial charge on any atom is 0.271 e. The number of carbonyl (C=O) groups excluding carboxylic acids is 2. The lowest BCUT2D eigenvalue weighted by Crippen LogP contribution is -2.20. The predicted molar refractivity (Wildman–Crippen MR) is 141 cm³/mol. The topological polar surface area (TPSA) is 107 Å². The second-order valence-electron chi connectivity index (χ2n) is 7.51. The highest BCUT2D eigenvalue weighted by molar-refractivity contribution is 9.10. The predicted octanol–water partition coefficient (Wildman–Crippen LogP) is 4.56. The van der Waals surface area contributed by atoms with Crippen LogP contribution in [0, 0.1) is 6.92 Å². The van der Waals surface area contributed by atoms with E-state index in [2.05, 4.69) is 31.8 Å². The number of rotatable bonds is 10. The van der Waals surface area contributed by atoms with Gasteiger partial charge in [-0.1, -0.05) is 12.1 Å². The Bertz CT molecular complexity index is 1280. The van der Waals surface area contributed by atoms with Gasteiger partial charge in [0.05, 0.1) is 32.0 Å². The van der Waals surface area contributed by atoms with Gasteiger partial charge in [0.25, 0.3) is 11.8 Å². The first-order chi connectivity index (χ1) is 17.3. The summed E-state index contributed by atoms with van der Waals surface area (Å²) in [6.07, 6.45) is 1.46. The maximum atomic E-state index is 12.4. The Balaban J connectivity index is 1.64. The number of nitrogens with one attached hydrogen (secondary N) is 2. The summed E-state index contributed by atoms with van der Waals surface area (Å²) in [6, 6.07) is 15.7. The number of benzene rings is 3. The number of hydrogen-bond acceptors (Lipinski definition) is 7. The van der Waals surface area contributed by atoms with Crippen LogP contribution in [0.15, 0.2) is 64.2 Å². The van der Waals surface area contributed by atoms with Gasteiger partial charge in [0.2, 0.25) is 0 Å². The molecule has 2 N–H and O–H groups in total. The second-order valence-corrected chi connectivity index (χ2v) is 8.36. The Kier molecular flexibility index (Phi) is 9.29. The van der Waals surface area contributed by atoms with E-state index in [0.29, 0.717) is 44.3 Å². The minimum atomic E-state index is -0.419. The standard InChI is InChI=1S/C26H26BrN3O6/c1-16-6-5-7-19(10-16)29-24(31)15-36-25-20(27)11-17(12-23(25)35-4)14-28-30-26(32)18-8-9-21(33-2)22(13-18)34-3/h5-14H,15H2,1-4H3,(H,29,31)(H,30,32)/b28-14+. The van der Waals surface area contributed by atoms with Crippen LogP contribution in [0.3, 0.4) is 0 Å². The molecular formula is C26H26BrN3O6. The zero-order valence-corrected chi connectivity index (χ0v) is 21.8. The van der Waals surface area contributed by atoms with E-state index in [4.69, 9.17) is 18.9 Å². The van der Waals surface area contributed by atoms with Crippen LogP contribution < -0.4 is 29.7 Å². The molecule has 0 radical (unpaired) electrons. The molecule has 0 spiro atoms. The van der Waals surface area contributed by atoms with Crippen molar-refractivity contribution in [3.8, 4) is 23.0 Å². The SMILES string of the molecule is COc1ccc(C(=O)N/N=C/c2cc(Br)c(OCC(=O)Nc3cccc(C)c3)c(OC)c2)cc1OC. The summed E-state index contributed by atoms with van der Waals surface area (Å²) in [6.45, 7) is 1.73. The minimum absolute atomic E-state index is 0.211. The molecule has 0 aromatic heterocycles. The quantitative estimate of drug-likeness (QED) is 0.280. The van der Waals surface area contributed by atoms with E-state index in [0.717, 1.165) is 5.56 Å². The first-order valence-corrected chi connectivity index (χ1v) is 11.6. The number of halogens is 1. The molecule has 0 heterocycles. The van der Waals surface area contributed by atoms with Crippen molar-refractivity contribution in [2.75, 3.05) is 33.3 Å². The number of aryl methyl sites for hydroxylation is 1. The summed E-state index contributed by atoms with van der Waals surface area (Å²) in [5.74, 6) is 0.982. The highest BCUT2D eigenvalue weighted by Gasteiger charge is 2.14. The van der Waals surface area contributed by atoms with E-state index < -0.39 is 5.91 Å². The molecule has 10 heteroatoms. The number of methoxy groups -OCH3 is 3. The summed E-state index contributed by atoms with van der Waals surface area (Å²) in [5.41, 5.74) is 5.18. The van der Waals surface area contributed by atoms with Crippen molar-refractivity contribution in [2.24, 2.45) is 5.10 Å². The fourth-order valence-electron chi connectivity index (χ4n) is 3.22. The van der Waals surface area contributed by atoms with Gasteiger partial charge in [-0.3, -0.25) is 9.59 Å². The molecule has 0 saturated heterocycles. The summed E-state index contributed by atoms with van der Waals surface area (Å²) in [7, 11) is 4.50. The summed E-state index contributed by atoms with van der Waals surface area (Å²) in [5, 5.41) is 6.80. The van der Waals surface area contributed by atoms with E-state index in [-0.39, 0.29) is 12.5 Å². The summed E-state index contributed by atoms with van der Waals surface area (Å²) >= 11 is 3.44. The first-order valence-electron chi connectivity index (χ1n) is 10.8. The van der Waals surface area contributed by atoms with Gasteiger partial charge < -0.3 is 24.3 Å². The molecule has 3 aromatic carbocycles. The van der Waals surface area contributed by atoms with E-state index in [1.54, 1.807) is 36.4 Å². The normalized spacial score (nSPS) is 10.6. The van der Waals surface area contributed by atoms with Gasteiger partial charge in [0.15, 0.2) is 29.6 Å². The average Bonchev–Trinajstić information content (AvgIpc) is 2.87. The van der Waals surface area contributed by atoms with Gasteiger partial charge in [0.1, 0.15) is 0 Å². The minimum Gasteiger partial charge on any atom is -0.493 e. The zero-order chi connectivity index (χ0) is 26.1. The third-order valence-electron chi connectivity index (χ3n) is 4.93. The van der Waals surface area contributed by atoms with Gasteiger partial charge in [-0.25, -0.2) is 5.43 Å². The van der Waals surface area contributed by atoms with E-state index in [9.17, 15) is 9.59 Å². The fourth-order valence-corrected chi connectivity index (χ4v) is 3.79. The third-order valence-corrected chi connectivity index (χ3v) is 5.52. The van der Waals surface area contributed by atoms with Crippen LogP contribution in [-0.2, 0) is 4.79 Å². The Morgan fingerprint density at radius 1 is 0.944 bits per heavy atom. The molecule has 36 heavy (non-hydrogen) atoms. The lowest BCUT2D eigenvalue weighted by atomic mass is 10.2. The molecule has 0 unspecified atom stereocenters. The zero-order valence-electron chi connectivity index (χ0n) is 20.3. The van der Waals surface area contributed by atoms with Crippen molar-refractivity contribution in [1.82, 2.24) is 5.43 Å². The van der Waals surface area contributed by atoms with Gasteiger partial charge in [-0.15, -0.1) is 0 Å². The van der Waals surface area contributed by atoms with E-state index in [1.807, 2.05) is 25.1 Å². The van der Waals surface area contributed by atoms with Crippen LogP contribution in [0.25, 0.3) is 0 Å². The molecule has 0 aliphatic heterocycles.